The Kier molecular flexibility index (Phi) is 4.71. The number of nitrogens with one attached hydrogen (secondary N) is 1. The van der Waals surface area contributed by atoms with Crippen molar-refractivity contribution in [1.82, 2.24) is 4.90 Å². The molecule has 8 heteroatoms. The number of benzene rings is 1. The number of urea groups is 1. The van der Waals surface area contributed by atoms with Crippen LogP contribution in [0.15, 0.2) is 18.2 Å². The molecule has 0 saturated carbocycles. The van der Waals surface area contributed by atoms with E-state index in [1.165, 1.54) is 11.0 Å². The van der Waals surface area contributed by atoms with E-state index >= 15 is 0 Å². The first-order chi connectivity index (χ1) is 10.0. The van der Waals surface area contributed by atoms with Gasteiger partial charge in [0.25, 0.3) is 0 Å². The van der Waals surface area contributed by atoms with Crippen molar-refractivity contribution in [3.8, 4) is 0 Å². The van der Waals surface area contributed by atoms with Gasteiger partial charge in [0.1, 0.15) is 5.82 Å². The van der Waals surface area contributed by atoms with Crippen LogP contribution in [0.5, 0.6) is 0 Å². The number of rotatable bonds is 3. The maximum absolute atomic E-state index is 13.3. The molecule has 7 nitrogen and oxygen atoms in total. The summed E-state index contributed by atoms with van der Waals surface area (Å²) in [7, 11) is 0. The lowest BCUT2D eigenvalue weighted by molar-refractivity contribution is -0.00485. The topological polar surface area (TPSA) is 99.1 Å². The van der Waals surface area contributed by atoms with Crippen LogP contribution in [0.3, 0.4) is 0 Å². The largest absolute Gasteiger partial charge is 0.478 e. The number of carbonyl (C=O) groups is 2. The van der Waals surface area contributed by atoms with Crippen molar-refractivity contribution in [3.63, 3.8) is 0 Å². The molecule has 1 atom stereocenters. The number of halogens is 1. The van der Waals surface area contributed by atoms with Gasteiger partial charge in [-0.1, -0.05) is 0 Å². The van der Waals surface area contributed by atoms with Crippen LogP contribution < -0.4 is 5.32 Å². The van der Waals surface area contributed by atoms with Crippen molar-refractivity contribution < 1.29 is 28.9 Å². The van der Waals surface area contributed by atoms with Crippen LogP contribution in [0.2, 0.25) is 0 Å². The summed E-state index contributed by atoms with van der Waals surface area (Å²) in [4.78, 5) is 24.4. The van der Waals surface area contributed by atoms with E-state index in [0.29, 0.717) is 13.2 Å². The summed E-state index contributed by atoms with van der Waals surface area (Å²) >= 11 is 0. The second-order valence-electron chi connectivity index (χ2n) is 4.53. The summed E-state index contributed by atoms with van der Waals surface area (Å²) in [5, 5.41) is 20.5. The van der Waals surface area contributed by atoms with Gasteiger partial charge >= 0.3 is 12.0 Å². The zero-order valence-electron chi connectivity index (χ0n) is 11.1. The van der Waals surface area contributed by atoms with Gasteiger partial charge in [-0.15, -0.1) is 0 Å². The second kappa shape index (κ2) is 6.51. The minimum Gasteiger partial charge on any atom is -0.478 e. The maximum Gasteiger partial charge on any atom is 0.338 e. The number of aliphatic hydroxyl groups excluding tert-OH is 1. The molecular weight excluding hydrogens is 283 g/mol. The fourth-order valence-electron chi connectivity index (χ4n) is 2.04. The van der Waals surface area contributed by atoms with Crippen molar-refractivity contribution >= 4 is 17.7 Å². The predicted octanol–water partition coefficient (Wildman–Crippen LogP) is 0.749. The zero-order chi connectivity index (χ0) is 15.4. The van der Waals surface area contributed by atoms with Crippen molar-refractivity contribution in [1.29, 1.82) is 0 Å². The van der Waals surface area contributed by atoms with Crippen LogP contribution in [0.1, 0.15) is 10.4 Å². The maximum atomic E-state index is 13.3. The molecule has 0 bridgehead atoms. The molecule has 0 spiro atoms. The lowest BCUT2D eigenvalue weighted by Crippen LogP contribution is -2.52. The minimum atomic E-state index is -1.41. The normalized spacial score (nSPS) is 18.4. The molecule has 0 radical (unpaired) electrons. The van der Waals surface area contributed by atoms with Crippen molar-refractivity contribution in [2.24, 2.45) is 0 Å². The lowest BCUT2D eigenvalue weighted by atomic mass is 10.2. The van der Waals surface area contributed by atoms with E-state index in [4.69, 9.17) is 9.84 Å². The highest BCUT2D eigenvalue weighted by Gasteiger charge is 2.27. The number of nitrogens with zero attached hydrogens (tertiary/aromatic N) is 1. The van der Waals surface area contributed by atoms with Crippen molar-refractivity contribution in [2.75, 3.05) is 31.7 Å². The first kappa shape index (κ1) is 15.2. The molecule has 1 saturated heterocycles. The lowest BCUT2D eigenvalue weighted by Gasteiger charge is -2.34. The van der Waals surface area contributed by atoms with Gasteiger partial charge in [0.15, 0.2) is 0 Å². The average molecular weight is 298 g/mol. The molecule has 2 rings (SSSR count). The third-order valence-corrected chi connectivity index (χ3v) is 3.15. The molecule has 3 N–H and O–H groups in total. The number of aromatic carboxylic acids is 1. The molecule has 114 valence electrons. The van der Waals surface area contributed by atoms with Crippen LogP contribution in [0, 0.1) is 5.82 Å². The third kappa shape index (κ3) is 3.47. The molecule has 21 heavy (non-hydrogen) atoms. The number of amides is 2. The Hall–Kier alpha value is -2.19. The number of morpholine rings is 1. The summed E-state index contributed by atoms with van der Waals surface area (Å²) < 4.78 is 18.4. The van der Waals surface area contributed by atoms with E-state index in [1.54, 1.807) is 0 Å². The smallest absolute Gasteiger partial charge is 0.338 e. The predicted molar refractivity (Wildman–Crippen MR) is 70.8 cm³/mol. The van der Waals surface area contributed by atoms with Gasteiger partial charge < -0.3 is 25.2 Å². The SMILES string of the molecule is O=C(O)c1cc(NC(=O)N2CCOCC2CO)ccc1F. The van der Waals surface area contributed by atoms with E-state index in [1.807, 2.05) is 0 Å². The number of carboxylic acid groups (broad SMARTS) is 1. The summed E-state index contributed by atoms with van der Waals surface area (Å²) in [5.41, 5.74) is -0.351. The monoisotopic (exact) mass is 298 g/mol. The standard InChI is InChI=1S/C13H15FN2O5/c14-11-2-1-8(5-10(11)12(18)19)15-13(20)16-3-4-21-7-9(16)6-17/h1-2,5,9,17H,3-4,6-7H2,(H,15,20)(H,18,19). The summed E-state index contributed by atoms with van der Waals surface area (Å²) in [6.45, 7) is 0.655. The Bertz CT molecular complexity index is 551. The number of hydrogen-bond donors (Lipinski definition) is 3. The quantitative estimate of drug-likeness (QED) is 0.764. The molecule has 1 aliphatic heterocycles. The van der Waals surface area contributed by atoms with Crippen LogP contribution in [-0.4, -0.2) is 59.5 Å². The number of carbonyl (C=O) groups excluding carboxylic acids is 1. The van der Waals surface area contributed by atoms with E-state index in [2.05, 4.69) is 5.32 Å². The third-order valence-electron chi connectivity index (χ3n) is 3.15. The van der Waals surface area contributed by atoms with Gasteiger partial charge in [-0.05, 0) is 18.2 Å². The van der Waals surface area contributed by atoms with E-state index < -0.39 is 29.4 Å². The number of aliphatic hydroxyl groups is 1. The minimum absolute atomic E-state index is 0.169. The molecule has 1 heterocycles. The van der Waals surface area contributed by atoms with Gasteiger partial charge in [-0.3, -0.25) is 0 Å². The molecule has 2 amide bonds. The summed E-state index contributed by atoms with van der Waals surface area (Å²) in [6, 6.07) is 2.33. The number of carboxylic acids is 1. The molecule has 1 aromatic rings. The van der Waals surface area contributed by atoms with Crippen molar-refractivity contribution in [2.45, 2.75) is 6.04 Å². The highest BCUT2D eigenvalue weighted by Crippen LogP contribution is 2.16. The number of hydrogen-bond acceptors (Lipinski definition) is 4. The Morgan fingerprint density at radius 2 is 2.24 bits per heavy atom. The first-order valence-corrected chi connectivity index (χ1v) is 6.32. The van der Waals surface area contributed by atoms with Crippen LogP contribution in [0.4, 0.5) is 14.9 Å². The number of ether oxygens (including phenoxy) is 1. The summed E-state index contributed by atoms with van der Waals surface area (Å²) in [5.74, 6) is -2.29. The number of anilines is 1. The first-order valence-electron chi connectivity index (χ1n) is 6.32. The van der Waals surface area contributed by atoms with E-state index in [-0.39, 0.29) is 18.9 Å². The highest BCUT2D eigenvalue weighted by molar-refractivity contribution is 5.93. The fraction of sp³-hybridized carbons (Fsp3) is 0.385. The van der Waals surface area contributed by atoms with E-state index in [0.717, 1.165) is 12.1 Å². The molecule has 1 aromatic carbocycles. The van der Waals surface area contributed by atoms with Crippen LogP contribution in [0.25, 0.3) is 0 Å². The molecular formula is C13H15FN2O5. The van der Waals surface area contributed by atoms with Crippen LogP contribution >= 0.6 is 0 Å². The zero-order valence-corrected chi connectivity index (χ0v) is 11.1. The van der Waals surface area contributed by atoms with Gasteiger partial charge in [-0.25, -0.2) is 14.0 Å². The summed E-state index contributed by atoms with van der Waals surface area (Å²) in [6.07, 6.45) is 0. The molecule has 1 unspecified atom stereocenters. The van der Waals surface area contributed by atoms with Gasteiger partial charge in [0, 0.05) is 12.2 Å². The molecule has 1 aliphatic rings. The van der Waals surface area contributed by atoms with Gasteiger partial charge in [-0.2, -0.15) is 0 Å². The highest BCUT2D eigenvalue weighted by atomic mass is 19.1. The molecule has 0 aliphatic carbocycles. The average Bonchev–Trinajstić information content (AvgIpc) is 2.48. The van der Waals surface area contributed by atoms with Crippen molar-refractivity contribution in [3.05, 3.63) is 29.6 Å². The molecule has 0 aromatic heterocycles. The molecule has 1 fully saturated rings. The Balaban J connectivity index is 2.12. The van der Waals surface area contributed by atoms with Gasteiger partial charge in [0.2, 0.25) is 0 Å². The van der Waals surface area contributed by atoms with E-state index in [9.17, 15) is 19.1 Å². The van der Waals surface area contributed by atoms with Gasteiger partial charge in [0.05, 0.1) is 31.4 Å². The Labute approximate surface area is 119 Å². The Morgan fingerprint density at radius 1 is 1.48 bits per heavy atom. The second-order valence-corrected chi connectivity index (χ2v) is 4.53. The Morgan fingerprint density at radius 3 is 2.90 bits per heavy atom. The fourth-order valence-corrected chi connectivity index (χ4v) is 2.04. The van der Waals surface area contributed by atoms with Crippen LogP contribution in [-0.2, 0) is 4.74 Å².